The largest absolute Gasteiger partial charge is 0.313 e. The molecule has 0 aliphatic heterocycles. The van der Waals surface area contributed by atoms with Gasteiger partial charge in [-0.25, -0.2) is 0 Å². The second kappa shape index (κ2) is 6.73. The first-order chi connectivity index (χ1) is 6.77. The van der Waals surface area contributed by atoms with E-state index in [1.807, 2.05) is 11.8 Å². The van der Waals surface area contributed by atoms with E-state index in [2.05, 4.69) is 25.4 Å². The van der Waals surface area contributed by atoms with Crippen LogP contribution in [0.25, 0.3) is 0 Å². The summed E-state index contributed by atoms with van der Waals surface area (Å²) in [7, 11) is 0. The Bertz CT molecular complexity index is 149. The Morgan fingerprint density at radius 1 is 1.36 bits per heavy atom. The highest BCUT2D eigenvalue weighted by molar-refractivity contribution is 7.98. The fraction of sp³-hybridized carbons (Fsp3) is 1.00. The lowest BCUT2D eigenvalue weighted by Crippen LogP contribution is -2.41. The molecular weight excluding hydrogens is 190 g/mol. The molecule has 0 amide bonds. The molecule has 0 spiro atoms. The van der Waals surface area contributed by atoms with Gasteiger partial charge >= 0.3 is 0 Å². The van der Waals surface area contributed by atoms with Crippen molar-refractivity contribution in [3.05, 3.63) is 0 Å². The van der Waals surface area contributed by atoms with Crippen LogP contribution in [-0.2, 0) is 0 Å². The van der Waals surface area contributed by atoms with Crippen LogP contribution in [0.2, 0.25) is 0 Å². The summed E-state index contributed by atoms with van der Waals surface area (Å²) in [6.45, 7) is 5.93. The SMILES string of the molecule is CCC1CC(C)CCC1NCCSC. The van der Waals surface area contributed by atoms with Crippen LogP contribution in [0.1, 0.15) is 39.5 Å². The molecule has 2 heteroatoms. The van der Waals surface area contributed by atoms with Crippen LogP contribution in [0.3, 0.4) is 0 Å². The van der Waals surface area contributed by atoms with Crippen LogP contribution >= 0.6 is 11.8 Å². The quantitative estimate of drug-likeness (QED) is 0.707. The highest BCUT2D eigenvalue weighted by atomic mass is 32.2. The predicted molar refractivity (Wildman–Crippen MR) is 67.0 cm³/mol. The van der Waals surface area contributed by atoms with Crippen molar-refractivity contribution in [3.63, 3.8) is 0 Å². The monoisotopic (exact) mass is 215 g/mol. The second-order valence-corrected chi connectivity index (χ2v) is 5.63. The van der Waals surface area contributed by atoms with Gasteiger partial charge in [-0.15, -0.1) is 0 Å². The Morgan fingerprint density at radius 2 is 2.14 bits per heavy atom. The zero-order valence-corrected chi connectivity index (χ0v) is 10.7. The maximum Gasteiger partial charge on any atom is 0.00957 e. The van der Waals surface area contributed by atoms with Gasteiger partial charge < -0.3 is 5.32 Å². The number of hydrogen-bond donors (Lipinski definition) is 1. The van der Waals surface area contributed by atoms with Gasteiger partial charge in [0.2, 0.25) is 0 Å². The van der Waals surface area contributed by atoms with Crippen LogP contribution in [0.5, 0.6) is 0 Å². The smallest absolute Gasteiger partial charge is 0.00957 e. The Labute approximate surface area is 93.4 Å². The van der Waals surface area contributed by atoms with E-state index in [1.165, 1.54) is 38.0 Å². The van der Waals surface area contributed by atoms with E-state index >= 15 is 0 Å². The zero-order valence-electron chi connectivity index (χ0n) is 9.88. The summed E-state index contributed by atoms with van der Waals surface area (Å²) in [6, 6.07) is 0.809. The van der Waals surface area contributed by atoms with E-state index in [0.29, 0.717) is 0 Å². The lowest BCUT2D eigenvalue weighted by molar-refractivity contribution is 0.210. The highest BCUT2D eigenvalue weighted by Crippen LogP contribution is 2.30. The first-order valence-electron chi connectivity index (χ1n) is 6.00. The van der Waals surface area contributed by atoms with Crippen molar-refractivity contribution < 1.29 is 0 Å². The molecule has 0 radical (unpaired) electrons. The Balaban J connectivity index is 2.27. The molecule has 3 atom stereocenters. The van der Waals surface area contributed by atoms with Crippen LogP contribution in [0.15, 0.2) is 0 Å². The van der Waals surface area contributed by atoms with E-state index in [4.69, 9.17) is 0 Å². The van der Waals surface area contributed by atoms with E-state index in [1.54, 1.807) is 0 Å². The van der Waals surface area contributed by atoms with E-state index in [0.717, 1.165) is 17.9 Å². The Kier molecular flexibility index (Phi) is 5.95. The van der Waals surface area contributed by atoms with Crippen LogP contribution in [0, 0.1) is 11.8 Å². The summed E-state index contributed by atoms with van der Waals surface area (Å²) in [5.41, 5.74) is 0. The van der Waals surface area contributed by atoms with Gasteiger partial charge in [0.15, 0.2) is 0 Å². The van der Waals surface area contributed by atoms with Crippen molar-refractivity contribution in [3.8, 4) is 0 Å². The van der Waals surface area contributed by atoms with Gasteiger partial charge in [0.25, 0.3) is 0 Å². The maximum absolute atomic E-state index is 3.72. The number of nitrogens with one attached hydrogen (secondary N) is 1. The van der Waals surface area contributed by atoms with Crippen molar-refractivity contribution in [1.82, 2.24) is 5.32 Å². The lowest BCUT2D eigenvalue weighted by atomic mass is 9.77. The van der Waals surface area contributed by atoms with Gasteiger partial charge in [0.1, 0.15) is 0 Å². The predicted octanol–water partition coefficient (Wildman–Crippen LogP) is 3.15. The van der Waals surface area contributed by atoms with Gasteiger partial charge in [-0.3, -0.25) is 0 Å². The van der Waals surface area contributed by atoms with Gasteiger partial charge in [0, 0.05) is 18.3 Å². The Hall–Kier alpha value is 0.310. The summed E-state index contributed by atoms with van der Waals surface area (Å²) in [6.07, 6.45) is 7.79. The van der Waals surface area contributed by atoms with Crippen molar-refractivity contribution in [2.75, 3.05) is 18.6 Å². The number of thioether (sulfide) groups is 1. The molecule has 84 valence electrons. The topological polar surface area (TPSA) is 12.0 Å². The van der Waals surface area contributed by atoms with Crippen LogP contribution < -0.4 is 5.32 Å². The normalized spacial score (nSPS) is 33.2. The molecule has 3 unspecified atom stereocenters. The van der Waals surface area contributed by atoms with Crippen molar-refractivity contribution in [2.24, 2.45) is 11.8 Å². The molecule has 1 aliphatic carbocycles. The standard InChI is InChI=1S/C12H25NS/c1-4-11-9-10(2)5-6-12(11)13-7-8-14-3/h10-13H,4-9H2,1-3H3. The molecule has 0 aromatic rings. The van der Waals surface area contributed by atoms with Gasteiger partial charge in [-0.05, 0) is 37.4 Å². The molecular formula is C12H25NS. The number of hydrogen-bond acceptors (Lipinski definition) is 2. The summed E-state index contributed by atoms with van der Waals surface area (Å²) < 4.78 is 0. The molecule has 0 bridgehead atoms. The van der Waals surface area contributed by atoms with Crippen molar-refractivity contribution >= 4 is 11.8 Å². The first-order valence-corrected chi connectivity index (χ1v) is 7.39. The van der Waals surface area contributed by atoms with Crippen LogP contribution in [0.4, 0.5) is 0 Å². The van der Waals surface area contributed by atoms with Gasteiger partial charge in [0.05, 0.1) is 0 Å². The molecule has 1 fully saturated rings. The zero-order chi connectivity index (χ0) is 10.4. The molecule has 1 rings (SSSR count). The maximum atomic E-state index is 3.72. The molecule has 1 N–H and O–H groups in total. The van der Waals surface area contributed by atoms with E-state index < -0.39 is 0 Å². The molecule has 14 heavy (non-hydrogen) atoms. The highest BCUT2D eigenvalue weighted by Gasteiger charge is 2.26. The molecule has 1 aliphatic rings. The third-order valence-corrected chi connectivity index (χ3v) is 4.09. The first kappa shape index (κ1) is 12.4. The minimum atomic E-state index is 0.809. The molecule has 1 saturated carbocycles. The molecule has 0 saturated heterocycles. The summed E-state index contributed by atoms with van der Waals surface area (Å²) in [5.74, 6) is 3.14. The third-order valence-electron chi connectivity index (χ3n) is 3.48. The molecule has 1 nitrogen and oxygen atoms in total. The minimum Gasteiger partial charge on any atom is -0.313 e. The number of rotatable bonds is 5. The molecule has 0 aromatic heterocycles. The van der Waals surface area contributed by atoms with Gasteiger partial charge in [-0.1, -0.05) is 20.3 Å². The minimum absolute atomic E-state index is 0.809. The van der Waals surface area contributed by atoms with E-state index in [9.17, 15) is 0 Å². The fourth-order valence-corrected chi connectivity index (χ4v) is 2.89. The van der Waals surface area contributed by atoms with Crippen LogP contribution in [-0.4, -0.2) is 24.6 Å². The molecule has 0 heterocycles. The fourth-order valence-electron chi connectivity index (χ4n) is 2.57. The Morgan fingerprint density at radius 3 is 2.79 bits per heavy atom. The van der Waals surface area contributed by atoms with Crippen molar-refractivity contribution in [1.29, 1.82) is 0 Å². The third kappa shape index (κ3) is 3.82. The van der Waals surface area contributed by atoms with E-state index in [-0.39, 0.29) is 0 Å². The average molecular weight is 215 g/mol. The lowest BCUT2D eigenvalue weighted by Gasteiger charge is -2.35. The average Bonchev–Trinajstić information content (AvgIpc) is 2.20. The summed E-state index contributed by atoms with van der Waals surface area (Å²) >= 11 is 1.94. The second-order valence-electron chi connectivity index (χ2n) is 4.64. The summed E-state index contributed by atoms with van der Waals surface area (Å²) in [5, 5.41) is 3.72. The molecule has 0 aromatic carbocycles. The van der Waals surface area contributed by atoms with Crippen molar-refractivity contribution in [2.45, 2.75) is 45.6 Å². The summed E-state index contributed by atoms with van der Waals surface area (Å²) in [4.78, 5) is 0. The van der Waals surface area contributed by atoms with Gasteiger partial charge in [-0.2, -0.15) is 11.8 Å².